The number of hydrogen-bond acceptors (Lipinski definition) is 5. The molecule has 1 saturated carbocycles. The Kier molecular flexibility index (Phi) is 7.63. The maximum Gasteiger partial charge on any atom is 0.308 e. The van der Waals surface area contributed by atoms with Crippen molar-refractivity contribution in [2.24, 2.45) is 5.92 Å². The van der Waals surface area contributed by atoms with Crippen molar-refractivity contribution in [1.82, 2.24) is 19.3 Å². The van der Waals surface area contributed by atoms with Crippen LogP contribution in [0.1, 0.15) is 79.7 Å². The SMILES string of the molecule is CCOC(=O)C[C@@H](c1ccc(=O)n(CC2CC2)c1)n1ccc(CCCc2ccc3c(n2)CCCC3)n1. The molecular weight excluding hydrogens is 452 g/mol. The first-order chi connectivity index (χ1) is 17.6. The minimum atomic E-state index is -0.314. The van der Waals surface area contributed by atoms with E-state index in [4.69, 9.17) is 14.8 Å². The van der Waals surface area contributed by atoms with Crippen molar-refractivity contribution in [3.8, 4) is 0 Å². The van der Waals surface area contributed by atoms with Crippen molar-refractivity contribution in [2.75, 3.05) is 6.61 Å². The van der Waals surface area contributed by atoms with Gasteiger partial charge in [0.05, 0.1) is 24.8 Å². The summed E-state index contributed by atoms with van der Waals surface area (Å²) in [5.41, 5.74) is 5.75. The Morgan fingerprint density at radius 3 is 2.75 bits per heavy atom. The molecule has 36 heavy (non-hydrogen) atoms. The van der Waals surface area contributed by atoms with Gasteiger partial charge in [0.25, 0.3) is 5.56 Å². The van der Waals surface area contributed by atoms with Gasteiger partial charge in [0.15, 0.2) is 0 Å². The molecule has 0 bridgehead atoms. The van der Waals surface area contributed by atoms with Gasteiger partial charge < -0.3 is 9.30 Å². The monoisotopic (exact) mass is 488 g/mol. The molecule has 0 radical (unpaired) electrons. The molecule has 0 unspecified atom stereocenters. The van der Waals surface area contributed by atoms with Crippen LogP contribution in [0.15, 0.2) is 47.5 Å². The van der Waals surface area contributed by atoms with Crippen LogP contribution in [0.4, 0.5) is 0 Å². The molecule has 7 heteroatoms. The van der Waals surface area contributed by atoms with E-state index in [2.05, 4.69) is 12.1 Å². The molecular formula is C29H36N4O3. The molecule has 1 atom stereocenters. The first-order valence-electron chi connectivity index (χ1n) is 13.5. The van der Waals surface area contributed by atoms with Crippen molar-refractivity contribution in [2.45, 2.75) is 83.7 Å². The van der Waals surface area contributed by atoms with E-state index in [0.29, 0.717) is 12.5 Å². The van der Waals surface area contributed by atoms with Crippen LogP contribution >= 0.6 is 0 Å². The number of fused-ring (bicyclic) bond motifs is 1. The fourth-order valence-corrected chi connectivity index (χ4v) is 5.11. The first kappa shape index (κ1) is 24.5. The summed E-state index contributed by atoms with van der Waals surface area (Å²) < 4.78 is 8.88. The minimum absolute atomic E-state index is 0.00234. The standard InChI is InChI=1S/C29H36N4O3/c1-2-36-29(35)18-27(23-13-15-28(34)32(20-23)19-21-10-11-21)33-17-16-25(31-33)8-5-7-24-14-12-22-6-3-4-9-26(22)30-24/h12-17,20-21,27H,2-11,18-19H2,1H3/t27-/m0/s1. The normalized spacial score (nSPS) is 15.9. The molecule has 3 aromatic rings. The first-order valence-corrected chi connectivity index (χ1v) is 13.5. The Balaban J connectivity index is 1.28. The summed E-state index contributed by atoms with van der Waals surface area (Å²) in [6.45, 7) is 2.89. The van der Waals surface area contributed by atoms with Crippen molar-refractivity contribution in [1.29, 1.82) is 0 Å². The number of rotatable bonds is 11. The van der Waals surface area contributed by atoms with Gasteiger partial charge in [-0.1, -0.05) is 6.07 Å². The lowest BCUT2D eigenvalue weighted by molar-refractivity contribution is -0.143. The molecule has 0 amide bonds. The minimum Gasteiger partial charge on any atom is -0.466 e. The molecule has 0 aliphatic heterocycles. The van der Waals surface area contributed by atoms with E-state index in [-0.39, 0.29) is 24.0 Å². The zero-order chi connectivity index (χ0) is 24.9. The fourth-order valence-electron chi connectivity index (χ4n) is 5.11. The van der Waals surface area contributed by atoms with E-state index in [1.807, 2.05) is 36.1 Å². The molecule has 0 saturated heterocycles. The van der Waals surface area contributed by atoms with E-state index in [1.165, 1.54) is 36.9 Å². The van der Waals surface area contributed by atoms with E-state index in [9.17, 15) is 9.59 Å². The average Bonchev–Trinajstić information content (AvgIpc) is 3.58. The lowest BCUT2D eigenvalue weighted by atomic mass is 9.95. The number of aryl methyl sites for hydroxylation is 4. The maximum atomic E-state index is 12.4. The zero-order valence-electron chi connectivity index (χ0n) is 21.2. The molecule has 2 aliphatic carbocycles. The Morgan fingerprint density at radius 2 is 1.92 bits per heavy atom. The second-order valence-corrected chi connectivity index (χ2v) is 10.2. The summed E-state index contributed by atoms with van der Waals surface area (Å²) in [5, 5.41) is 4.83. The van der Waals surface area contributed by atoms with Gasteiger partial charge in [-0.25, -0.2) is 0 Å². The van der Waals surface area contributed by atoms with Crippen molar-refractivity contribution >= 4 is 5.97 Å². The lowest BCUT2D eigenvalue weighted by Crippen LogP contribution is -2.23. The van der Waals surface area contributed by atoms with Crippen molar-refractivity contribution in [3.63, 3.8) is 0 Å². The van der Waals surface area contributed by atoms with Gasteiger partial charge in [0.2, 0.25) is 0 Å². The highest BCUT2D eigenvalue weighted by molar-refractivity contribution is 5.70. The summed E-state index contributed by atoms with van der Waals surface area (Å²) in [4.78, 5) is 29.7. The number of carbonyl (C=O) groups excluding carboxylic acids is 1. The van der Waals surface area contributed by atoms with E-state index in [1.54, 1.807) is 10.6 Å². The Hall–Kier alpha value is -3.22. The van der Waals surface area contributed by atoms with Crippen LogP contribution in [0.5, 0.6) is 0 Å². The third kappa shape index (κ3) is 6.12. The molecule has 1 fully saturated rings. The highest BCUT2D eigenvalue weighted by atomic mass is 16.5. The van der Waals surface area contributed by atoms with E-state index < -0.39 is 0 Å². The summed E-state index contributed by atoms with van der Waals surface area (Å²) in [6.07, 6.45) is 13.9. The van der Waals surface area contributed by atoms with Crippen LogP contribution in [0.3, 0.4) is 0 Å². The lowest BCUT2D eigenvalue weighted by Gasteiger charge is -2.19. The molecule has 0 N–H and O–H groups in total. The molecule has 3 aromatic heterocycles. The summed E-state index contributed by atoms with van der Waals surface area (Å²) >= 11 is 0. The Labute approximate surface area is 212 Å². The van der Waals surface area contributed by atoms with Crippen LogP contribution in [0.25, 0.3) is 0 Å². The van der Waals surface area contributed by atoms with Gasteiger partial charge in [0, 0.05) is 36.4 Å². The molecule has 0 spiro atoms. The number of pyridine rings is 2. The van der Waals surface area contributed by atoms with Crippen molar-refractivity contribution < 1.29 is 9.53 Å². The number of carbonyl (C=O) groups is 1. The van der Waals surface area contributed by atoms with Crippen LogP contribution in [-0.4, -0.2) is 31.9 Å². The van der Waals surface area contributed by atoms with Gasteiger partial charge in [-0.2, -0.15) is 5.10 Å². The van der Waals surface area contributed by atoms with Gasteiger partial charge >= 0.3 is 5.97 Å². The highest BCUT2D eigenvalue weighted by Crippen LogP contribution is 2.30. The second kappa shape index (κ2) is 11.2. The smallest absolute Gasteiger partial charge is 0.308 e. The van der Waals surface area contributed by atoms with Gasteiger partial charge in [-0.3, -0.25) is 19.3 Å². The summed E-state index contributed by atoms with van der Waals surface area (Å²) in [7, 11) is 0. The molecule has 0 aromatic carbocycles. The molecule has 3 heterocycles. The molecule has 5 rings (SSSR count). The van der Waals surface area contributed by atoms with Gasteiger partial charge in [0.1, 0.15) is 0 Å². The fraction of sp³-hybridized carbons (Fsp3) is 0.517. The number of ether oxygens (including phenoxy) is 1. The molecule has 190 valence electrons. The summed E-state index contributed by atoms with van der Waals surface area (Å²) in [6, 6.07) is 9.57. The third-order valence-electron chi connectivity index (χ3n) is 7.29. The van der Waals surface area contributed by atoms with Gasteiger partial charge in [-0.15, -0.1) is 0 Å². The van der Waals surface area contributed by atoms with Crippen LogP contribution < -0.4 is 5.56 Å². The second-order valence-electron chi connectivity index (χ2n) is 10.2. The molecule has 2 aliphatic rings. The Bertz CT molecular complexity index is 1260. The van der Waals surface area contributed by atoms with Crippen LogP contribution in [0.2, 0.25) is 0 Å². The van der Waals surface area contributed by atoms with E-state index in [0.717, 1.165) is 55.6 Å². The van der Waals surface area contributed by atoms with Crippen LogP contribution in [0, 0.1) is 5.92 Å². The Morgan fingerprint density at radius 1 is 1.08 bits per heavy atom. The van der Waals surface area contributed by atoms with E-state index >= 15 is 0 Å². The number of esters is 1. The highest BCUT2D eigenvalue weighted by Gasteiger charge is 2.24. The molecule has 7 nitrogen and oxygen atoms in total. The van der Waals surface area contributed by atoms with Gasteiger partial charge in [-0.05, 0) is 100.0 Å². The number of hydrogen-bond donors (Lipinski definition) is 0. The maximum absolute atomic E-state index is 12.4. The van der Waals surface area contributed by atoms with Crippen LogP contribution in [-0.2, 0) is 41.8 Å². The number of aromatic nitrogens is 4. The zero-order valence-corrected chi connectivity index (χ0v) is 21.2. The summed E-state index contributed by atoms with van der Waals surface area (Å²) in [5.74, 6) is 0.320. The largest absolute Gasteiger partial charge is 0.466 e. The predicted molar refractivity (Wildman–Crippen MR) is 138 cm³/mol. The third-order valence-corrected chi connectivity index (χ3v) is 7.29. The topological polar surface area (TPSA) is 79.0 Å². The van der Waals surface area contributed by atoms with Crippen molar-refractivity contribution in [3.05, 3.63) is 81.3 Å². The average molecular weight is 489 g/mol. The predicted octanol–water partition coefficient (Wildman–Crippen LogP) is 4.45. The quantitative estimate of drug-likeness (QED) is 0.373. The number of nitrogens with zero attached hydrogens (tertiary/aromatic N) is 4.